The van der Waals surface area contributed by atoms with Crippen LogP contribution in [0.4, 0.5) is 4.39 Å². The Hall–Kier alpha value is -1.66. The highest BCUT2D eigenvalue weighted by atomic mass is 79.9. The first-order chi connectivity index (χ1) is 9.13. The monoisotopic (exact) mass is 326 g/mol. The number of benzene rings is 1. The normalized spacial score (nSPS) is 10.3. The van der Waals surface area contributed by atoms with Gasteiger partial charge >= 0.3 is 0 Å². The van der Waals surface area contributed by atoms with Crippen LogP contribution >= 0.6 is 15.9 Å². The van der Waals surface area contributed by atoms with Crippen LogP contribution in [-0.2, 0) is 6.54 Å². The Balaban J connectivity index is 2.32. The third-order valence-corrected chi connectivity index (χ3v) is 2.88. The zero-order chi connectivity index (χ0) is 13.8. The van der Waals surface area contributed by atoms with Crippen molar-refractivity contribution in [3.8, 4) is 17.4 Å². The topological polar surface area (TPSA) is 57.4 Å². The number of methoxy groups -OCH3 is 1. The average molecular weight is 327 g/mol. The molecular formula is C13H12BrFN2O2. The summed E-state index contributed by atoms with van der Waals surface area (Å²) in [6.07, 6.45) is 1.46. The fourth-order valence-corrected chi connectivity index (χ4v) is 1.81. The smallest absolute Gasteiger partial charge is 0.256 e. The van der Waals surface area contributed by atoms with Gasteiger partial charge in [0.1, 0.15) is 0 Å². The maximum atomic E-state index is 13.6. The number of hydrogen-bond donors (Lipinski definition) is 1. The van der Waals surface area contributed by atoms with Crippen molar-refractivity contribution in [1.29, 1.82) is 0 Å². The molecule has 0 aliphatic heterocycles. The van der Waals surface area contributed by atoms with E-state index in [-0.39, 0.29) is 5.88 Å². The van der Waals surface area contributed by atoms with Gasteiger partial charge in [-0.25, -0.2) is 9.37 Å². The number of nitrogens with zero attached hydrogens (tertiary/aromatic N) is 1. The number of rotatable bonds is 4. The lowest BCUT2D eigenvalue weighted by molar-refractivity contribution is 0.363. The lowest BCUT2D eigenvalue weighted by atomic mass is 10.2. The number of nitrogens with two attached hydrogens (primary N) is 1. The van der Waals surface area contributed by atoms with Gasteiger partial charge in [0, 0.05) is 17.2 Å². The summed E-state index contributed by atoms with van der Waals surface area (Å²) in [5.74, 6) is 0.196. The average Bonchev–Trinajstić information content (AvgIpc) is 2.42. The molecule has 19 heavy (non-hydrogen) atoms. The van der Waals surface area contributed by atoms with Crippen molar-refractivity contribution in [3.63, 3.8) is 0 Å². The third-order valence-electron chi connectivity index (χ3n) is 2.44. The van der Waals surface area contributed by atoms with E-state index in [2.05, 4.69) is 20.9 Å². The van der Waals surface area contributed by atoms with E-state index in [0.29, 0.717) is 22.5 Å². The predicted octanol–water partition coefficient (Wildman–Crippen LogP) is 3.24. The first-order valence-electron chi connectivity index (χ1n) is 5.50. The Morgan fingerprint density at radius 1 is 1.32 bits per heavy atom. The Labute approximate surface area is 118 Å². The minimum absolute atomic E-state index is 0.109. The molecule has 1 aromatic heterocycles. The molecule has 6 heteroatoms. The maximum Gasteiger partial charge on any atom is 0.256 e. The summed E-state index contributed by atoms with van der Waals surface area (Å²) in [6, 6.07) is 6.48. The number of aromatic nitrogens is 1. The van der Waals surface area contributed by atoms with Gasteiger partial charge in [0.2, 0.25) is 0 Å². The van der Waals surface area contributed by atoms with E-state index in [9.17, 15) is 4.39 Å². The van der Waals surface area contributed by atoms with Crippen LogP contribution in [0.15, 0.2) is 34.9 Å². The van der Waals surface area contributed by atoms with E-state index >= 15 is 0 Å². The lowest BCUT2D eigenvalue weighted by Gasteiger charge is -2.11. The summed E-state index contributed by atoms with van der Waals surface area (Å²) in [5.41, 5.74) is 6.44. The van der Waals surface area contributed by atoms with Crippen molar-refractivity contribution in [2.45, 2.75) is 6.54 Å². The Kier molecular flexibility index (Phi) is 4.34. The first-order valence-corrected chi connectivity index (χ1v) is 6.29. The number of pyridine rings is 1. The van der Waals surface area contributed by atoms with Gasteiger partial charge < -0.3 is 15.2 Å². The van der Waals surface area contributed by atoms with Gasteiger partial charge in [-0.2, -0.15) is 0 Å². The maximum absolute atomic E-state index is 13.6. The largest absolute Gasteiger partial charge is 0.493 e. The van der Waals surface area contributed by atoms with Gasteiger partial charge in [-0.3, -0.25) is 0 Å². The molecule has 100 valence electrons. The highest BCUT2D eigenvalue weighted by Crippen LogP contribution is 2.32. The third kappa shape index (κ3) is 3.21. The molecule has 1 aromatic carbocycles. The van der Waals surface area contributed by atoms with Crippen molar-refractivity contribution in [3.05, 3.63) is 46.3 Å². The van der Waals surface area contributed by atoms with Crippen LogP contribution in [0, 0.1) is 5.82 Å². The van der Waals surface area contributed by atoms with Crippen molar-refractivity contribution in [1.82, 2.24) is 4.98 Å². The van der Waals surface area contributed by atoms with Gasteiger partial charge in [-0.15, -0.1) is 0 Å². The van der Waals surface area contributed by atoms with E-state index in [0.717, 1.165) is 5.56 Å². The molecule has 0 fully saturated rings. The molecule has 0 saturated carbocycles. The van der Waals surface area contributed by atoms with E-state index in [4.69, 9.17) is 15.2 Å². The molecular weight excluding hydrogens is 315 g/mol. The zero-order valence-corrected chi connectivity index (χ0v) is 11.8. The van der Waals surface area contributed by atoms with Gasteiger partial charge in [0.15, 0.2) is 17.3 Å². The van der Waals surface area contributed by atoms with Crippen molar-refractivity contribution >= 4 is 15.9 Å². The predicted molar refractivity (Wildman–Crippen MR) is 72.9 cm³/mol. The number of halogens is 2. The second kappa shape index (κ2) is 5.99. The van der Waals surface area contributed by atoms with Crippen molar-refractivity contribution in [2.24, 2.45) is 5.73 Å². The molecule has 0 aliphatic carbocycles. The lowest BCUT2D eigenvalue weighted by Crippen LogP contribution is -1.99. The molecule has 0 radical (unpaired) electrons. The Bertz CT molecular complexity index is 593. The van der Waals surface area contributed by atoms with Crippen LogP contribution in [0.1, 0.15) is 5.56 Å². The quantitative estimate of drug-likeness (QED) is 0.937. The highest BCUT2D eigenvalue weighted by Gasteiger charge is 2.11. The molecule has 0 bridgehead atoms. The van der Waals surface area contributed by atoms with Crippen LogP contribution in [0.25, 0.3) is 0 Å². The van der Waals surface area contributed by atoms with Crippen LogP contribution in [-0.4, -0.2) is 12.1 Å². The van der Waals surface area contributed by atoms with Gasteiger partial charge in [-0.1, -0.05) is 6.07 Å². The molecule has 1 heterocycles. The number of ether oxygens (including phenoxy) is 2. The van der Waals surface area contributed by atoms with Gasteiger partial charge in [-0.05, 0) is 39.7 Å². The van der Waals surface area contributed by atoms with Crippen LogP contribution in [0.3, 0.4) is 0 Å². The first kappa shape index (κ1) is 13.8. The minimum Gasteiger partial charge on any atom is -0.493 e. The molecule has 0 atom stereocenters. The second-order valence-electron chi connectivity index (χ2n) is 3.73. The summed E-state index contributed by atoms with van der Waals surface area (Å²) in [5, 5.41) is 0. The molecule has 0 spiro atoms. The SMILES string of the molecule is COc1cc(CN)ccc1Oc1ncc(Br)cc1F. The van der Waals surface area contributed by atoms with Gasteiger partial charge in [0.25, 0.3) is 5.88 Å². The zero-order valence-electron chi connectivity index (χ0n) is 10.2. The molecule has 0 saturated heterocycles. The molecule has 4 nitrogen and oxygen atoms in total. The Morgan fingerprint density at radius 2 is 2.11 bits per heavy atom. The molecule has 2 N–H and O–H groups in total. The Morgan fingerprint density at radius 3 is 2.74 bits per heavy atom. The molecule has 2 rings (SSSR count). The van der Waals surface area contributed by atoms with E-state index < -0.39 is 5.82 Å². The van der Waals surface area contributed by atoms with Gasteiger partial charge in [0.05, 0.1) is 7.11 Å². The van der Waals surface area contributed by atoms with Crippen molar-refractivity contribution < 1.29 is 13.9 Å². The molecule has 0 unspecified atom stereocenters. The van der Waals surface area contributed by atoms with Crippen molar-refractivity contribution in [2.75, 3.05) is 7.11 Å². The summed E-state index contributed by atoms with van der Waals surface area (Å²) < 4.78 is 24.8. The fourth-order valence-electron chi connectivity index (χ4n) is 1.50. The summed E-state index contributed by atoms with van der Waals surface area (Å²) in [7, 11) is 1.51. The standard InChI is InChI=1S/C13H12BrFN2O2/c1-18-12-4-8(6-16)2-3-11(12)19-13-10(15)5-9(14)7-17-13/h2-5,7H,6,16H2,1H3. The highest BCUT2D eigenvalue weighted by molar-refractivity contribution is 9.10. The van der Waals surface area contributed by atoms with E-state index in [1.807, 2.05) is 0 Å². The second-order valence-corrected chi connectivity index (χ2v) is 4.65. The number of hydrogen-bond acceptors (Lipinski definition) is 4. The summed E-state index contributed by atoms with van der Waals surface area (Å²) >= 11 is 3.13. The molecule has 0 amide bonds. The van der Waals surface area contributed by atoms with Crippen LogP contribution < -0.4 is 15.2 Å². The van der Waals surface area contributed by atoms with Crippen LogP contribution in [0.2, 0.25) is 0 Å². The molecule has 0 aliphatic rings. The summed E-state index contributed by atoms with van der Waals surface area (Å²) in [6.45, 7) is 0.390. The molecule has 2 aromatic rings. The fraction of sp³-hybridized carbons (Fsp3) is 0.154. The van der Waals surface area contributed by atoms with E-state index in [1.54, 1.807) is 18.2 Å². The van der Waals surface area contributed by atoms with Crippen LogP contribution in [0.5, 0.6) is 17.4 Å². The van der Waals surface area contributed by atoms with E-state index in [1.165, 1.54) is 19.4 Å². The minimum atomic E-state index is -0.556. The summed E-state index contributed by atoms with van der Waals surface area (Å²) in [4.78, 5) is 3.87.